The maximum atomic E-state index is 12.4. The van der Waals surface area contributed by atoms with Crippen molar-refractivity contribution in [3.63, 3.8) is 0 Å². The Labute approximate surface area is 131 Å². The Morgan fingerprint density at radius 2 is 2.23 bits per heavy atom. The van der Waals surface area contributed by atoms with Crippen LogP contribution in [0.1, 0.15) is 23.3 Å². The molecule has 1 aromatic carbocycles. The minimum atomic E-state index is -0.964. The summed E-state index contributed by atoms with van der Waals surface area (Å²) in [6.45, 7) is 0.646. The maximum Gasteiger partial charge on any atom is 0.305 e. The molecule has 3 N–H and O–H groups in total. The predicted molar refractivity (Wildman–Crippen MR) is 81.2 cm³/mol. The minimum Gasteiger partial charge on any atom is -0.481 e. The van der Waals surface area contributed by atoms with Crippen molar-refractivity contribution in [2.45, 2.75) is 18.4 Å². The lowest BCUT2D eigenvalue weighted by atomic mass is 9.94. The highest BCUT2D eigenvalue weighted by atomic mass is 35.5. The van der Waals surface area contributed by atoms with Crippen LogP contribution in [-0.4, -0.2) is 40.7 Å². The quantitative estimate of drug-likeness (QED) is 0.804. The Hall–Kier alpha value is -2.05. The number of ether oxygens (including phenoxy) is 1. The van der Waals surface area contributed by atoms with E-state index < -0.39 is 11.5 Å². The van der Waals surface area contributed by atoms with Crippen molar-refractivity contribution < 1.29 is 19.4 Å². The van der Waals surface area contributed by atoms with Crippen LogP contribution < -0.4 is 5.32 Å². The van der Waals surface area contributed by atoms with Crippen LogP contribution in [0.25, 0.3) is 10.9 Å². The second kappa shape index (κ2) is 5.62. The summed E-state index contributed by atoms with van der Waals surface area (Å²) in [5, 5.41) is 13.3. The molecule has 3 rings (SSSR count). The van der Waals surface area contributed by atoms with Crippen LogP contribution in [0.5, 0.6) is 0 Å². The van der Waals surface area contributed by atoms with Crippen molar-refractivity contribution in [1.29, 1.82) is 0 Å². The van der Waals surface area contributed by atoms with Crippen molar-refractivity contribution in [2.24, 2.45) is 0 Å². The first kappa shape index (κ1) is 14.9. The average molecular weight is 323 g/mol. The Balaban J connectivity index is 1.83. The van der Waals surface area contributed by atoms with Gasteiger partial charge in [-0.1, -0.05) is 17.7 Å². The number of hydrogen-bond acceptors (Lipinski definition) is 3. The third-order valence-corrected chi connectivity index (χ3v) is 4.04. The van der Waals surface area contributed by atoms with Crippen molar-refractivity contribution >= 4 is 34.4 Å². The number of H-pyrrole nitrogens is 1. The molecular formula is C15H15ClN2O4. The van der Waals surface area contributed by atoms with Gasteiger partial charge >= 0.3 is 5.97 Å². The first-order chi connectivity index (χ1) is 10.5. The Bertz CT molecular complexity index is 734. The summed E-state index contributed by atoms with van der Waals surface area (Å²) >= 11 is 5.92. The molecule has 1 aromatic heterocycles. The van der Waals surface area contributed by atoms with E-state index >= 15 is 0 Å². The van der Waals surface area contributed by atoms with Gasteiger partial charge in [-0.15, -0.1) is 0 Å². The molecule has 1 fully saturated rings. The van der Waals surface area contributed by atoms with E-state index in [1.165, 1.54) is 0 Å². The summed E-state index contributed by atoms with van der Waals surface area (Å²) in [5.74, 6) is -1.31. The largest absolute Gasteiger partial charge is 0.481 e. The van der Waals surface area contributed by atoms with E-state index in [1.54, 1.807) is 18.2 Å². The minimum absolute atomic E-state index is 0.162. The van der Waals surface area contributed by atoms with E-state index in [4.69, 9.17) is 21.4 Å². The number of carbonyl (C=O) groups is 2. The van der Waals surface area contributed by atoms with Crippen molar-refractivity contribution in [3.8, 4) is 0 Å². The molecule has 1 amide bonds. The van der Waals surface area contributed by atoms with Crippen molar-refractivity contribution in [1.82, 2.24) is 10.3 Å². The van der Waals surface area contributed by atoms with Crippen molar-refractivity contribution in [2.75, 3.05) is 13.2 Å². The molecule has 1 aliphatic heterocycles. The van der Waals surface area contributed by atoms with Gasteiger partial charge in [-0.05, 0) is 24.6 Å². The summed E-state index contributed by atoms with van der Waals surface area (Å²) < 4.78 is 5.27. The summed E-state index contributed by atoms with van der Waals surface area (Å²) in [6.07, 6.45) is 0.321. The predicted octanol–water partition coefficient (Wildman–Crippen LogP) is 2.18. The number of halogens is 1. The molecule has 0 aliphatic carbocycles. The number of hydrogen-bond donors (Lipinski definition) is 3. The number of aliphatic carboxylic acids is 1. The van der Waals surface area contributed by atoms with Gasteiger partial charge in [0, 0.05) is 22.5 Å². The van der Waals surface area contributed by atoms with Gasteiger partial charge in [0.05, 0.1) is 18.6 Å². The molecule has 1 saturated heterocycles. The van der Waals surface area contributed by atoms with E-state index in [1.807, 2.05) is 6.07 Å². The third-order valence-electron chi connectivity index (χ3n) is 3.80. The van der Waals surface area contributed by atoms with Crippen LogP contribution in [0.15, 0.2) is 24.3 Å². The molecule has 0 bridgehead atoms. The molecule has 22 heavy (non-hydrogen) atoms. The highest BCUT2D eigenvalue weighted by molar-refractivity contribution is 6.31. The summed E-state index contributed by atoms with van der Waals surface area (Å²) in [4.78, 5) is 26.4. The molecular weight excluding hydrogens is 308 g/mol. The lowest BCUT2D eigenvalue weighted by Gasteiger charge is -2.26. The van der Waals surface area contributed by atoms with Crippen LogP contribution in [0.4, 0.5) is 0 Å². The number of fused-ring (bicyclic) bond motifs is 1. The van der Waals surface area contributed by atoms with Crippen LogP contribution in [0.3, 0.4) is 0 Å². The topological polar surface area (TPSA) is 91.4 Å². The number of aromatic nitrogens is 1. The fraction of sp³-hybridized carbons (Fsp3) is 0.333. The number of carboxylic acid groups (broad SMARTS) is 1. The van der Waals surface area contributed by atoms with Crippen LogP contribution in [0.2, 0.25) is 5.02 Å². The first-order valence-electron chi connectivity index (χ1n) is 6.88. The van der Waals surface area contributed by atoms with Gasteiger partial charge in [-0.2, -0.15) is 0 Å². The maximum absolute atomic E-state index is 12.4. The van der Waals surface area contributed by atoms with Gasteiger partial charge < -0.3 is 20.1 Å². The van der Waals surface area contributed by atoms with E-state index in [9.17, 15) is 9.59 Å². The second-order valence-corrected chi connectivity index (χ2v) is 5.96. The third kappa shape index (κ3) is 2.93. The monoisotopic (exact) mass is 322 g/mol. The molecule has 1 atom stereocenters. The summed E-state index contributed by atoms with van der Waals surface area (Å²) in [7, 11) is 0. The molecule has 1 aliphatic rings. The molecule has 0 radical (unpaired) electrons. The molecule has 1 unspecified atom stereocenters. The molecule has 0 saturated carbocycles. The molecule has 116 valence electrons. The van der Waals surface area contributed by atoms with Crippen LogP contribution in [0, 0.1) is 0 Å². The molecule has 2 aromatic rings. The van der Waals surface area contributed by atoms with Gasteiger partial charge in [-0.3, -0.25) is 9.59 Å². The smallest absolute Gasteiger partial charge is 0.305 e. The summed E-state index contributed by atoms with van der Waals surface area (Å²) in [5.41, 5.74) is 0.277. The van der Waals surface area contributed by atoms with Gasteiger partial charge in [0.2, 0.25) is 0 Å². The molecule has 6 nitrogen and oxygen atoms in total. The Kier molecular flexibility index (Phi) is 3.80. The number of benzene rings is 1. The molecule has 7 heteroatoms. The zero-order chi connectivity index (χ0) is 15.7. The Morgan fingerprint density at radius 3 is 2.91 bits per heavy atom. The van der Waals surface area contributed by atoms with Gasteiger partial charge in [0.15, 0.2) is 0 Å². The SMILES string of the molecule is O=C(O)CC1(NC(=O)c2cc3ccc(Cl)cc3[nH]2)CCOC1. The van der Waals surface area contributed by atoms with Crippen LogP contribution >= 0.6 is 11.6 Å². The number of aromatic amines is 1. The van der Waals surface area contributed by atoms with E-state index in [0.717, 1.165) is 10.9 Å². The fourth-order valence-corrected chi connectivity index (χ4v) is 2.88. The Morgan fingerprint density at radius 1 is 1.41 bits per heavy atom. The van der Waals surface area contributed by atoms with E-state index in [2.05, 4.69) is 10.3 Å². The summed E-state index contributed by atoms with van der Waals surface area (Å²) in [6, 6.07) is 7.01. The number of carbonyl (C=O) groups excluding carboxylic acids is 1. The fourth-order valence-electron chi connectivity index (χ4n) is 2.71. The van der Waals surface area contributed by atoms with Gasteiger partial charge in [0.1, 0.15) is 5.69 Å². The van der Waals surface area contributed by atoms with Gasteiger partial charge in [0.25, 0.3) is 5.91 Å². The van der Waals surface area contributed by atoms with Gasteiger partial charge in [-0.25, -0.2) is 0 Å². The number of amides is 1. The average Bonchev–Trinajstić information content (AvgIpc) is 3.04. The van der Waals surface area contributed by atoms with E-state index in [-0.39, 0.29) is 18.9 Å². The standard InChI is InChI=1S/C15H15ClN2O4/c16-10-2-1-9-5-12(17-11(9)6-10)14(21)18-15(7-13(19)20)3-4-22-8-15/h1-2,5-6,17H,3-4,7-8H2,(H,18,21)(H,19,20). The zero-order valence-corrected chi connectivity index (χ0v) is 12.4. The number of rotatable bonds is 4. The molecule has 0 spiro atoms. The molecule has 2 heterocycles. The first-order valence-corrected chi connectivity index (χ1v) is 7.26. The highest BCUT2D eigenvalue weighted by Gasteiger charge is 2.39. The van der Waals surface area contributed by atoms with E-state index in [0.29, 0.717) is 23.7 Å². The second-order valence-electron chi connectivity index (χ2n) is 5.52. The number of nitrogens with one attached hydrogen (secondary N) is 2. The lowest BCUT2D eigenvalue weighted by molar-refractivity contribution is -0.138. The highest BCUT2D eigenvalue weighted by Crippen LogP contribution is 2.24. The zero-order valence-electron chi connectivity index (χ0n) is 11.7. The normalized spacial score (nSPS) is 21.1. The van der Waals surface area contributed by atoms with Crippen LogP contribution in [-0.2, 0) is 9.53 Å². The lowest BCUT2D eigenvalue weighted by Crippen LogP contribution is -2.50. The number of carboxylic acids is 1. The van der Waals surface area contributed by atoms with Crippen molar-refractivity contribution in [3.05, 3.63) is 35.0 Å².